The summed E-state index contributed by atoms with van der Waals surface area (Å²) in [5, 5.41) is 0. The highest BCUT2D eigenvalue weighted by Gasteiger charge is 2.24. The molecule has 1 atom stereocenters. The Bertz CT molecular complexity index is 685. The standard InChI is InChI=1S/C17H16BrNO3/c18-13-3-6-15(19)12(9-13)10-21-14-4-1-11(2-5-14)16-7-8-17(20)22-16/h1-6,9,16H,7-8,10,19H2. The van der Waals surface area contributed by atoms with E-state index in [-0.39, 0.29) is 12.1 Å². The van der Waals surface area contributed by atoms with E-state index in [9.17, 15) is 4.79 Å². The molecule has 0 radical (unpaired) electrons. The first-order valence-electron chi connectivity index (χ1n) is 7.08. The highest BCUT2D eigenvalue weighted by Crippen LogP contribution is 2.30. The predicted octanol–water partition coefficient (Wildman–Crippen LogP) is 3.99. The van der Waals surface area contributed by atoms with Gasteiger partial charge in [0.2, 0.25) is 0 Å². The predicted molar refractivity (Wildman–Crippen MR) is 87.4 cm³/mol. The minimum absolute atomic E-state index is 0.123. The van der Waals surface area contributed by atoms with E-state index in [1.807, 2.05) is 42.5 Å². The van der Waals surface area contributed by atoms with E-state index in [0.717, 1.165) is 27.8 Å². The van der Waals surface area contributed by atoms with Gasteiger partial charge in [-0.3, -0.25) is 4.79 Å². The third-order valence-corrected chi connectivity index (χ3v) is 4.13. The molecule has 3 rings (SSSR count). The van der Waals surface area contributed by atoms with Crippen molar-refractivity contribution < 1.29 is 14.3 Å². The normalized spacial score (nSPS) is 17.3. The van der Waals surface area contributed by atoms with Gasteiger partial charge in [-0.25, -0.2) is 0 Å². The summed E-state index contributed by atoms with van der Waals surface area (Å²) in [6, 6.07) is 13.3. The van der Waals surface area contributed by atoms with Crippen LogP contribution in [0.15, 0.2) is 46.9 Å². The number of rotatable bonds is 4. The molecule has 0 aliphatic carbocycles. The number of carbonyl (C=O) groups is 1. The fraction of sp³-hybridized carbons (Fsp3) is 0.235. The van der Waals surface area contributed by atoms with Crippen molar-refractivity contribution in [3.8, 4) is 5.75 Å². The third kappa shape index (κ3) is 3.42. The Morgan fingerprint density at radius 3 is 2.68 bits per heavy atom. The fourth-order valence-electron chi connectivity index (χ4n) is 2.40. The molecule has 114 valence electrons. The molecule has 0 amide bonds. The van der Waals surface area contributed by atoms with Crippen molar-refractivity contribution in [2.75, 3.05) is 5.73 Å². The summed E-state index contributed by atoms with van der Waals surface area (Å²) < 4.78 is 12.0. The van der Waals surface area contributed by atoms with Crippen molar-refractivity contribution in [3.63, 3.8) is 0 Å². The molecular formula is C17H16BrNO3. The molecule has 1 heterocycles. The van der Waals surface area contributed by atoms with Crippen LogP contribution in [0.4, 0.5) is 5.69 Å². The summed E-state index contributed by atoms with van der Waals surface area (Å²) >= 11 is 3.42. The van der Waals surface area contributed by atoms with Crippen LogP contribution in [0.2, 0.25) is 0 Å². The van der Waals surface area contributed by atoms with Crippen molar-refractivity contribution >= 4 is 27.6 Å². The van der Waals surface area contributed by atoms with Crippen LogP contribution in [0.25, 0.3) is 0 Å². The number of esters is 1. The number of halogens is 1. The van der Waals surface area contributed by atoms with Crippen LogP contribution in [-0.2, 0) is 16.1 Å². The van der Waals surface area contributed by atoms with Crippen molar-refractivity contribution in [1.82, 2.24) is 0 Å². The zero-order valence-corrected chi connectivity index (χ0v) is 13.5. The molecule has 0 aromatic heterocycles. The van der Waals surface area contributed by atoms with Gasteiger partial charge in [0.1, 0.15) is 18.5 Å². The van der Waals surface area contributed by atoms with E-state index in [1.54, 1.807) is 0 Å². The summed E-state index contributed by atoms with van der Waals surface area (Å²) in [6.07, 6.45) is 1.11. The number of cyclic esters (lactones) is 1. The molecule has 2 aromatic carbocycles. The SMILES string of the molecule is Nc1ccc(Br)cc1COc1ccc(C2CCC(=O)O2)cc1. The van der Waals surface area contributed by atoms with Crippen LogP contribution in [0.3, 0.4) is 0 Å². The molecule has 0 spiro atoms. The van der Waals surface area contributed by atoms with Crippen molar-refractivity contribution in [3.05, 3.63) is 58.1 Å². The molecule has 1 saturated heterocycles. The second-order valence-electron chi connectivity index (χ2n) is 5.22. The first kappa shape index (κ1) is 14.9. The first-order chi connectivity index (χ1) is 10.6. The Morgan fingerprint density at radius 2 is 2.00 bits per heavy atom. The molecule has 1 fully saturated rings. The van der Waals surface area contributed by atoms with Crippen LogP contribution in [0.1, 0.15) is 30.1 Å². The van der Waals surface area contributed by atoms with Crippen LogP contribution in [-0.4, -0.2) is 5.97 Å². The van der Waals surface area contributed by atoms with Crippen LogP contribution < -0.4 is 10.5 Å². The third-order valence-electron chi connectivity index (χ3n) is 3.64. The van der Waals surface area contributed by atoms with E-state index in [1.165, 1.54) is 0 Å². The van der Waals surface area contributed by atoms with Gasteiger partial charge in [0.25, 0.3) is 0 Å². The second-order valence-corrected chi connectivity index (χ2v) is 6.13. The summed E-state index contributed by atoms with van der Waals surface area (Å²) in [6.45, 7) is 0.406. The number of hydrogen-bond donors (Lipinski definition) is 1. The number of benzene rings is 2. The lowest BCUT2D eigenvalue weighted by Crippen LogP contribution is -2.01. The van der Waals surface area contributed by atoms with Gasteiger partial charge >= 0.3 is 5.97 Å². The lowest BCUT2D eigenvalue weighted by atomic mass is 10.1. The molecule has 0 saturated carbocycles. The van der Waals surface area contributed by atoms with Gasteiger partial charge in [-0.15, -0.1) is 0 Å². The smallest absolute Gasteiger partial charge is 0.306 e. The van der Waals surface area contributed by atoms with Gasteiger partial charge < -0.3 is 15.2 Å². The number of ether oxygens (including phenoxy) is 2. The van der Waals surface area contributed by atoms with Gasteiger partial charge in [0.05, 0.1) is 0 Å². The van der Waals surface area contributed by atoms with E-state index in [2.05, 4.69) is 15.9 Å². The number of nitrogen functional groups attached to an aromatic ring is 1. The molecule has 22 heavy (non-hydrogen) atoms. The summed E-state index contributed by atoms with van der Waals surface area (Å²) in [5.74, 6) is 0.628. The number of anilines is 1. The molecule has 1 unspecified atom stereocenters. The lowest BCUT2D eigenvalue weighted by molar-refractivity contribution is -0.141. The highest BCUT2D eigenvalue weighted by atomic mass is 79.9. The van der Waals surface area contributed by atoms with Gasteiger partial charge in [0, 0.05) is 22.1 Å². The molecule has 2 N–H and O–H groups in total. The minimum Gasteiger partial charge on any atom is -0.489 e. The van der Waals surface area contributed by atoms with Crippen molar-refractivity contribution in [1.29, 1.82) is 0 Å². The Hall–Kier alpha value is -2.01. The second kappa shape index (κ2) is 6.40. The Balaban J connectivity index is 1.64. The average molecular weight is 362 g/mol. The zero-order chi connectivity index (χ0) is 15.5. The van der Waals surface area contributed by atoms with Crippen LogP contribution in [0.5, 0.6) is 5.75 Å². The molecular weight excluding hydrogens is 346 g/mol. The summed E-state index contributed by atoms with van der Waals surface area (Å²) in [7, 11) is 0. The highest BCUT2D eigenvalue weighted by molar-refractivity contribution is 9.10. The first-order valence-corrected chi connectivity index (χ1v) is 7.87. The topological polar surface area (TPSA) is 61.5 Å². The lowest BCUT2D eigenvalue weighted by Gasteiger charge is -2.12. The Morgan fingerprint density at radius 1 is 1.23 bits per heavy atom. The van der Waals surface area contributed by atoms with Crippen molar-refractivity contribution in [2.45, 2.75) is 25.6 Å². The maximum absolute atomic E-state index is 11.1. The van der Waals surface area contributed by atoms with Gasteiger partial charge in [0.15, 0.2) is 0 Å². The number of carbonyl (C=O) groups excluding carboxylic acids is 1. The Labute approximate surface area is 137 Å². The molecule has 1 aliphatic heterocycles. The van der Waals surface area contributed by atoms with Crippen LogP contribution in [0, 0.1) is 0 Å². The average Bonchev–Trinajstić information content (AvgIpc) is 2.95. The molecule has 1 aliphatic rings. The van der Waals surface area contributed by atoms with E-state index in [0.29, 0.717) is 18.7 Å². The van der Waals surface area contributed by atoms with Gasteiger partial charge in [-0.1, -0.05) is 28.1 Å². The molecule has 5 heteroatoms. The summed E-state index contributed by atoms with van der Waals surface area (Å²) in [5.41, 5.74) is 8.56. The van der Waals surface area contributed by atoms with Gasteiger partial charge in [-0.2, -0.15) is 0 Å². The molecule has 4 nitrogen and oxygen atoms in total. The van der Waals surface area contributed by atoms with Crippen LogP contribution >= 0.6 is 15.9 Å². The molecule has 0 bridgehead atoms. The summed E-state index contributed by atoms with van der Waals surface area (Å²) in [4.78, 5) is 11.1. The van der Waals surface area contributed by atoms with E-state index >= 15 is 0 Å². The maximum atomic E-state index is 11.1. The fourth-order valence-corrected chi connectivity index (χ4v) is 2.81. The quantitative estimate of drug-likeness (QED) is 0.660. The van der Waals surface area contributed by atoms with E-state index < -0.39 is 0 Å². The van der Waals surface area contributed by atoms with E-state index in [4.69, 9.17) is 15.2 Å². The largest absolute Gasteiger partial charge is 0.489 e. The minimum atomic E-state index is -0.129. The molecule has 2 aromatic rings. The van der Waals surface area contributed by atoms with Gasteiger partial charge in [-0.05, 0) is 42.3 Å². The number of hydrogen-bond acceptors (Lipinski definition) is 4. The Kier molecular flexibility index (Phi) is 4.34. The van der Waals surface area contributed by atoms with Crippen molar-refractivity contribution in [2.24, 2.45) is 0 Å². The zero-order valence-electron chi connectivity index (χ0n) is 11.9. The monoisotopic (exact) mass is 361 g/mol. The maximum Gasteiger partial charge on any atom is 0.306 e. The number of nitrogens with two attached hydrogens (primary N) is 1.